The fourth-order valence-corrected chi connectivity index (χ4v) is 5.79. The lowest BCUT2D eigenvalue weighted by atomic mass is 10.1. The molecule has 292 valence electrons. The maximum atomic E-state index is 12.3. The van der Waals surface area contributed by atoms with Gasteiger partial charge < -0.3 is 24.6 Å². The Balaban J connectivity index is 4.01. The molecule has 0 heterocycles. The Bertz CT molecular complexity index is 936. The number of aliphatic hydroxyl groups is 2. The van der Waals surface area contributed by atoms with Crippen LogP contribution in [0, 0.1) is 0 Å². The normalized spacial score (nSPS) is 14.4. The number of aliphatic hydroxyl groups excluding tert-OH is 2. The van der Waals surface area contributed by atoms with Crippen molar-refractivity contribution in [2.75, 3.05) is 26.4 Å². The SMILES string of the molecule is CCCC/C=C\C/C=C\CCCCCCCC(=O)OC(CO)COP(=O)(O)OCC(CO)OC(=O)CCCCCCC/C=C\CCCCCC. The summed E-state index contributed by atoms with van der Waals surface area (Å²) in [5, 5.41) is 19.1. The average molecular weight is 731 g/mol. The highest BCUT2D eigenvalue weighted by Gasteiger charge is 2.27. The van der Waals surface area contributed by atoms with Gasteiger partial charge in [0.1, 0.15) is 12.2 Å². The molecule has 0 aliphatic heterocycles. The molecule has 3 N–H and O–H groups in total. The van der Waals surface area contributed by atoms with Crippen LogP contribution in [0.4, 0.5) is 0 Å². The maximum absolute atomic E-state index is 12.3. The molecular formula is C39H71O10P. The first kappa shape index (κ1) is 48.2. The molecule has 0 rings (SSSR count). The van der Waals surface area contributed by atoms with Gasteiger partial charge in [0.15, 0.2) is 0 Å². The van der Waals surface area contributed by atoms with E-state index in [1.807, 2.05) is 0 Å². The van der Waals surface area contributed by atoms with E-state index in [0.717, 1.165) is 83.5 Å². The van der Waals surface area contributed by atoms with E-state index < -0.39 is 58.4 Å². The van der Waals surface area contributed by atoms with Crippen molar-refractivity contribution in [3.8, 4) is 0 Å². The molecule has 0 amide bonds. The summed E-state index contributed by atoms with van der Waals surface area (Å²) in [4.78, 5) is 34.4. The number of rotatable bonds is 36. The highest BCUT2D eigenvalue weighted by Crippen LogP contribution is 2.43. The van der Waals surface area contributed by atoms with E-state index in [-0.39, 0.29) is 12.8 Å². The van der Waals surface area contributed by atoms with Gasteiger partial charge in [0.2, 0.25) is 0 Å². The van der Waals surface area contributed by atoms with Crippen LogP contribution < -0.4 is 0 Å². The van der Waals surface area contributed by atoms with Crippen molar-refractivity contribution >= 4 is 19.8 Å². The fraction of sp³-hybridized carbons (Fsp3) is 0.795. The summed E-state index contributed by atoms with van der Waals surface area (Å²) in [5.41, 5.74) is 0. The Morgan fingerprint density at radius 3 is 1.32 bits per heavy atom. The van der Waals surface area contributed by atoms with Crippen molar-refractivity contribution in [1.82, 2.24) is 0 Å². The third-order valence-corrected chi connectivity index (χ3v) is 9.03. The van der Waals surface area contributed by atoms with Crippen LogP contribution in [0.25, 0.3) is 0 Å². The zero-order chi connectivity index (χ0) is 37.0. The molecule has 0 aromatic carbocycles. The largest absolute Gasteiger partial charge is 0.472 e. The van der Waals surface area contributed by atoms with Crippen molar-refractivity contribution in [1.29, 1.82) is 0 Å². The van der Waals surface area contributed by atoms with Crippen LogP contribution in [0.1, 0.15) is 162 Å². The van der Waals surface area contributed by atoms with Gasteiger partial charge >= 0.3 is 19.8 Å². The molecule has 50 heavy (non-hydrogen) atoms. The van der Waals surface area contributed by atoms with E-state index >= 15 is 0 Å². The smallest absolute Gasteiger partial charge is 0.457 e. The van der Waals surface area contributed by atoms with E-state index in [4.69, 9.17) is 18.5 Å². The van der Waals surface area contributed by atoms with E-state index in [1.165, 1.54) is 38.5 Å². The van der Waals surface area contributed by atoms with Gasteiger partial charge in [-0.3, -0.25) is 18.6 Å². The third kappa shape index (κ3) is 33.3. The first-order valence-electron chi connectivity index (χ1n) is 19.4. The van der Waals surface area contributed by atoms with Crippen LogP contribution in [-0.4, -0.2) is 65.7 Å². The molecule has 0 aromatic heterocycles. The second-order valence-electron chi connectivity index (χ2n) is 12.9. The number of phosphoric acid groups is 1. The predicted octanol–water partition coefficient (Wildman–Crippen LogP) is 9.61. The van der Waals surface area contributed by atoms with Crippen molar-refractivity contribution in [2.24, 2.45) is 0 Å². The quantitative estimate of drug-likeness (QED) is 0.0246. The summed E-state index contributed by atoms with van der Waals surface area (Å²) < 4.78 is 32.4. The van der Waals surface area contributed by atoms with Gasteiger partial charge in [-0.1, -0.05) is 121 Å². The monoisotopic (exact) mass is 730 g/mol. The number of phosphoric ester groups is 1. The Labute approximate surface area is 303 Å². The molecule has 0 saturated carbocycles. The van der Waals surface area contributed by atoms with Gasteiger partial charge in [-0.05, 0) is 64.2 Å². The van der Waals surface area contributed by atoms with Gasteiger partial charge in [0.25, 0.3) is 0 Å². The molecule has 3 unspecified atom stereocenters. The molecule has 3 atom stereocenters. The Hall–Kier alpha value is -1.81. The molecule has 0 saturated heterocycles. The Kier molecular flexibility index (Phi) is 34.3. The van der Waals surface area contributed by atoms with Crippen LogP contribution in [-0.2, 0) is 32.7 Å². The second kappa shape index (κ2) is 35.6. The number of ether oxygens (including phenoxy) is 2. The standard InChI is InChI=1S/C39H71O10P/c1-3-5-7-9-11-13-15-17-19-21-23-25-27-29-31-39(43)49-37(33-41)35-47-50(44,45)46-34-36(32-40)48-38(42)30-28-26-24-22-20-18-16-14-12-10-8-6-4-2/h9,11,14-17,36-37,40-41H,3-8,10,12-13,18-35H2,1-2H3,(H,44,45)/b11-9-,16-14-,17-15-. The lowest BCUT2D eigenvalue weighted by Crippen LogP contribution is -2.28. The summed E-state index contributed by atoms with van der Waals surface area (Å²) in [6.45, 7) is 2.10. The molecule has 0 bridgehead atoms. The molecule has 11 heteroatoms. The minimum Gasteiger partial charge on any atom is -0.457 e. The fourth-order valence-electron chi connectivity index (χ4n) is 5.01. The summed E-state index contributed by atoms with van der Waals surface area (Å²) in [6, 6.07) is 0. The summed E-state index contributed by atoms with van der Waals surface area (Å²) in [5.74, 6) is -1.04. The minimum atomic E-state index is -4.63. The molecule has 0 aromatic rings. The van der Waals surface area contributed by atoms with Crippen LogP contribution in [0.15, 0.2) is 36.5 Å². The number of esters is 2. The van der Waals surface area contributed by atoms with Gasteiger partial charge in [0, 0.05) is 12.8 Å². The summed E-state index contributed by atoms with van der Waals surface area (Å²) in [6.07, 6.45) is 34.0. The average Bonchev–Trinajstić information content (AvgIpc) is 3.10. The zero-order valence-corrected chi connectivity index (χ0v) is 32.3. The van der Waals surface area contributed by atoms with Gasteiger partial charge in [0.05, 0.1) is 26.4 Å². The number of carbonyl (C=O) groups excluding carboxylic acids is 2. The molecule has 0 radical (unpaired) electrons. The molecule has 0 aliphatic rings. The number of unbranched alkanes of at least 4 members (excludes halogenated alkanes) is 16. The number of hydrogen-bond donors (Lipinski definition) is 3. The summed E-state index contributed by atoms with van der Waals surface area (Å²) in [7, 11) is -4.63. The van der Waals surface area contributed by atoms with Crippen molar-refractivity contribution in [2.45, 2.75) is 174 Å². The minimum absolute atomic E-state index is 0.175. The highest BCUT2D eigenvalue weighted by molar-refractivity contribution is 7.47. The van der Waals surface area contributed by atoms with Crippen LogP contribution in [0.5, 0.6) is 0 Å². The van der Waals surface area contributed by atoms with Crippen LogP contribution in [0.2, 0.25) is 0 Å². The molecular weight excluding hydrogens is 659 g/mol. The Morgan fingerprint density at radius 2 is 0.900 bits per heavy atom. The van der Waals surface area contributed by atoms with Crippen molar-refractivity contribution < 1.29 is 47.8 Å². The first-order valence-corrected chi connectivity index (χ1v) is 20.9. The van der Waals surface area contributed by atoms with E-state index in [9.17, 15) is 29.3 Å². The summed E-state index contributed by atoms with van der Waals surface area (Å²) >= 11 is 0. The lowest BCUT2D eigenvalue weighted by molar-refractivity contribution is -0.153. The van der Waals surface area contributed by atoms with Crippen molar-refractivity contribution in [3.63, 3.8) is 0 Å². The van der Waals surface area contributed by atoms with Crippen LogP contribution in [0.3, 0.4) is 0 Å². The molecule has 0 fully saturated rings. The van der Waals surface area contributed by atoms with Crippen molar-refractivity contribution in [3.05, 3.63) is 36.5 Å². The predicted molar refractivity (Wildman–Crippen MR) is 201 cm³/mol. The lowest BCUT2D eigenvalue weighted by Gasteiger charge is -2.20. The van der Waals surface area contributed by atoms with Gasteiger partial charge in [-0.25, -0.2) is 4.57 Å². The van der Waals surface area contributed by atoms with E-state index in [0.29, 0.717) is 12.8 Å². The van der Waals surface area contributed by atoms with Crippen LogP contribution >= 0.6 is 7.82 Å². The van der Waals surface area contributed by atoms with Gasteiger partial charge in [-0.15, -0.1) is 0 Å². The van der Waals surface area contributed by atoms with E-state index in [1.54, 1.807) is 0 Å². The van der Waals surface area contributed by atoms with Gasteiger partial charge in [-0.2, -0.15) is 0 Å². The topological polar surface area (TPSA) is 149 Å². The highest BCUT2D eigenvalue weighted by atomic mass is 31.2. The second-order valence-corrected chi connectivity index (χ2v) is 14.4. The maximum Gasteiger partial charge on any atom is 0.472 e. The molecule has 0 aliphatic carbocycles. The Morgan fingerprint density at radius 1 is 0.540 bits per heavy atom. The molecule has 10 nitrogen and oxygen atoms in total. The zero-order valence-electron chi connectivity index (χ0n) is 31.4. The third-order valence-electron chi connectivity index (χ3n) is 8.07. The molecule has 0 spiro atoms. The number of hydrogen-bond acceptors (Lipinski definition) is 9. The first-order chi connectivity index (χ1) is 24.3. The number of carbonyl (C=O) groups is 2. The number of allylic oxidation sites excluding steroid dienone is 6. The van der Waals surface area contributed by atoms with E-state index in [2.05, 4.69) is 50.3 Å².